The molecule has 0 aliphatic carbocycles. The van der Waals surface area contributed by atoms with Crippen LogP contribution in [0.15, 0.2) is 0 Å². The van der Waals surface area contributed by atoms with Gasteiger partial charge in [0.25, 0.3) is 0 Å². The van der Waals surface area contributed by atoms with E-state index in [9.17, 15) is 0 Å². The molecule has 1 nitrogen and oxygen atoms in total. The molecule has 0 aliphatic heterocycles. The molecule has 0 saturated heterocycles. The highest BCUT2D eigenvalue weighted by molar-refractivity contribution is 4.46. The Morgan fingerprint density at radius 3 is 0.818 bits per heavy atom. The molecule has 0 amide bonds. The Balaban J connectivity index is 0. The van der Waals surface area contributed by atoms with Gasteiger partial charge in [-0.15, -0.1) is 0 Å². The van der Waals surface area contributed by atoms with Crippen LogP contribution in [0.25, 0.3) is 0 Å². The highest BCUT2D eigenvalue weighted by atomic mass is 16.2. The van der Waals surface area contributed by atoms with Crippen LogP contribution in [0.3, 0.4) is 0 Å². The largest absolute Gasteiger partial charge is 0.396 e. The first-order chi connectivity index (χ1) is 10.8. The number of aliphatic hydroxyl groups excluding tert-OH is 1. The number of hydrogen-bond donors (Lipinski definition) is 1. The number of rotatable bonds is 16. The normalized spacial score (nSPS) is 10.4. The van der Waals surface area contributed by atoms with Gasteiger partial charge in [0.15, 0.2) is 0 Å². The fourth-order valence-electron chi connectivity index (χ4n) is 2.63. The smallest absolute Gasteiger partial charge is 0.0431 e. The SMILES string of the molecule is CCCCCCCCCCCC.CCCCCCCCCO. The Kier molecular flexibility index (Phi) is 28.5. The lowest BCUT2D eigenvalue weighted by atomic mass is 10.1. The molecule has 136 valence electrons. The van der Waals surface area contributed by atoms with Gasteiger partial charge in [-0.3, -0.25) is 0 Å². The van der Waals surface area contributed by atoms with Crippen molar-refractivity contribution in [1.29, 1.82) is 0 Å². The highest BCUT2D eigenvalue weighted by Gasteiger charge is 1.90. The molecule has 0 heterocycles. The predicted molar refractivity (Wildman–Crippen MR) is 103 cm³/mol. The molecule has 0 aromatic carbocycles. The van der Waals surface area contributed by atoms with Crippen molar-refractivity contribution in [3.05, 3.63) is 0 Å². The Labute approximate surface area is 142 Å². The van der Waals surface area contributed by atoms with Crippen LogP contribution in [0.4, 0.5) is 0 Å². The van der Waals surface area contributed by atoms with Crippen molar-refractivity contribution in [3.63, 3.8) is 0 Å². The maximum Gasteiger partial charge on any atom is 0.0431 e. The topological polar surface area (TPSA) is 20.2 Å². The van der Waals surface area contributed by atoms with E-state index < -0.39 is 0 Å². The molecule has 0 fully saturated rings. The van der Waals surface area contributed by atoms with E-state index >= 15 is 0 Å². The van der Waals surface area contributed by atoms with Crippen molar-refractivity contribution < 1.29 is 5.11 Å². The van der Waals surface area contributed by atoms with Crippen LogP contribution in [-0.2, 0) is 0 Å². The van der Waals surface area contributed by atoms with Gasteiger partial charge < -0.3 is 5.11 Å². The minimum atomic E-state index is 0.369. The minimum Gasteiger partial charge on any atom is -0.396 e. The van der Waals surface area contributed by atoms with E-state index in [2.05, 4.69) is 20.8 Å². The molecule has 0 bridgehead atoms. The summed E-state index contributed by atoms with van der Waals surface area (Å²) in [6.45, 7) is 7.16. The second kappa shape index (κ2) is 25.9. The van der Waals surface area contributed by atoms with Crippen LogP contribution in [0.1, 0.15) is 130 Å². The van der Waals surface area contributed by atoms with E-state index in [1.807, 2.05) is 0 Å². The molecule has 0 aliphatic rings. The fraction of sp³-hybridized carbons (Fsp3) is 1.00. The van der Waals surface area contributed by atoms with Crippen LogP contribution in [0, 0.1) is 0 Å². The molecule has 22 heavy (non-hydrogen) atoms. The molecule has 1 heteroatoms. The Morgan fingerprint density at radius 1 is 0.364 bits per heavy atom. The zero-order chi connectivity index (χ0) is 16.7. The third-order valence-electron chi connectivity index (χ3n) is 4.22. The first-order valence-corrected chi connectivity index (χ1v) is 10.4. The number of unbranched alkanes of at least 4 members (excludes halogenated alkanes) is 15. The second-order valence-electron chi connectivity index (χ2n) is 6.67. The van der Waals surface area contributed by atoms with E-state index in [1.165, 1.54) is 103 Å². The highest BCUT2D eigenvalue weighted by Crippen LogP contribution is 2.10. The molecule has 1 N–H and O–H groups in total. The summed E-state index contributed by atoms with van der Waals surface area (Å²) < 4.78 is 0. The fourth-order valence-corrected chi connectivity index (χ4v) is 2.63. The lowest BCUT2D eigenvalue weighted by Crippen LogP contribution is -1.83. The Hall–Kier alpha value is -0.0400. The molecule has 0 radical (unpaired) electrons. The zero-order valence-corrected chi connectivity index (χ0v) is 16.2. The first-order valence-electron chi connectivity index (χ1n) is 10.4. The molecule has 0 unspecified atom stereocenters. The maximum absolute atomic E-state index is 8.47. The second-order valence-corrected chi connectivity index (χ2v) is 6.67. The molecule has 0 saturated carbocycles. The van der Waals surface area contributed by atoms with E-state index in [-0.39, 0.29) is 0 Å². The molecular weight excluding hydrogens is 268 g/mol. The quantitative estimate of drug-likeness (QED) is 0.290. The van der Waals surface area contributed by atoms with Gasteiger partial charge in [0.2, 0.25) is 0 Å². The summed E-state index contributed by atoms with van der Waals surface area (Å²) in [6, 6.07) is 0. The van der Waals surface area contributed by atoms with E-state index in [0.717, 1.165) is 6.42 Å². The van der Waals surface area contributed by atoms with Gasteiger partial charge in [-0.05, 0) is 6.42 Å². The molecule has 0 spiro atoms. The van der Waals surface area contributed by atoms with Gasteiger partial charge in [-0.1, -0.05) is 124 Å². The van der Waals surface area contributed by atoms with Gasteiger partial charge in [0.05, 0.1) is 0 Å². The van der Waals surface area contributed by atoms with Crippen LogP contribution < -0.4 is 0 Å². The standard InChI is InChI=1S/C12H26.C9H20O/c1-3-5-7-9-11-12-10-8-6-4-2;1-2-3-4-5-6-7-8-9-10/h3-12H2,1-2H3;10H,2-9H2,1H3. The molecule has 0 rings (SSSR count). The van der Waals surface area contributed by atoms with Crippen molar-refractivity contribution in [3.8, 4) is 0 Å². The van der Waals surface area contributed by atoms with Crippen molar-refractivity contribution in [1.82, 2.24) is 0 Å². The van der Waals surface area contributed by atoms with E-state index in [4.69, 9.17) is 5.11 Å². The summed E-state index contributed by atoms with van der Waals surface area (Å²) in [7, 11) is 0. The third kappa shape index (κ3) is 28.2. The third-order valence-corrected chi connectivity index (χ3v) is 4.22. The monoisotopic (exact) mass is 314 g/mol. The summed E-state index contributed by atoms with van der Waals surface area (Å²) in [5.41, 5.74) is 0. The minimum absolute atomic E-state index is 0.369. The molecule has 0 aromatic heterocycles. The lowest BCUT2D eigenvalue weighted by Gasteiger charge is -1.99. The van der Waals surface area contributed by atoms with Crippen molar-refractivity contribution in [2.75, 3.05) is 6.61 Å². The van der Waals surface area contributed by atoms with Crippen LogP contribution >= 0.6 is 0 Å². The van der Waals surface area contributed by atoms with E-state index in [1.54, 1.807) is 0 Å². The summed E-state index contributed by atoms with van der Waals surface area (Å²) in [5.74, 6) is 0. The maximum atomic E-state index is 8.47. The van der Waals surface area contributed by atoms with Crippen LogP contribution in [0.2, 0.25) is 0 Å². The van der Waals surface area contributed by atoms with Gasteiger partial charge in [-0.25, -0.2) is 0 Å². The number of aliphatic hydroxyl groups is 1. The number of hydrogen-bond acceptors (Lipinski definition) is 1. The van der Waals surface area contributed by atoms with Gasteiger partial charge >= 0.3 is 0 Å². The summed E-state index contributed by atoms with van der Waals surface area (Å²) in [6.07, 6.45) is 23.4. The van der Waals surface area contributed by atoms with Gasteiger partial charge in [0, 0.05) is 6.61 Å². The average molecular weight is 315 g/mol. The zero-order valence-electron chi connectivity index (χ0n) is 16.2. The molecule has 0 aromatic rings. The summed E-state index contributed by atoms with van der Waals surface area (Å²) >= 11 is 0. The van der Waals surface area contributed by atoms with E-state index in [0.29, 0.717) is 6.61 Å². The summed E-state index contributed by atoms with van der Waals surface area (Å²) in [5, 5.41) is 8.47. The first kappa shape index (κ1) is 24.2. The van der Waals surface area contributed by atoms with Crippen molar-refractivity contribution >= 4 is 0 Å². The average Bonchev–Trinajstić information content (AvgIpc) is 2.54. The van der Waals surface area contributed by atoms with Crippen molar-refractivity contribution in [2.24, 2.45) is 0 Å². The molecular formula is C21H46O. The Morgan fingerprint density at radius 2 is 0.591 bits per heavy atom. The lowest BCUT2D eigenvalue weighted by molar-refractivity contribution is 0.282. The Bertz CT molecular complexity index is 138. The van der Waals surface area contributed by atoms with Crippen molar-refractivity contribution in [2.45, 2.75) is 130 Å². The van der Waals surface area contributed by atoms with Gasteiger partial charge in [0.1, 0.15) is 0 Å². The molecule has 0 atom stereocenters. The predicted octanol–water partition coefficient (Wildman–Crippen LogP) is 7.66. The van der Waals surface area contributed by atoms with Gasteiger partial charge in [-0.2, -0.15) is 0 Å². The summed E-state index contributed by atoms with van der Waals surface area (Å²) in [4.78, 5) is 0. The van der Waals surface area contributed by atoms with Crippen LogP contribution in [0.5, 0.6) is 0 Å². The van der Waals surface area contributed by atoms with Crippen LogP contribution in [-0.4, -0.2) is 11.7 Å².